The Morgan fingerprint density at radius 2 is 2.12 bits per heavy atom. The number of rotatable bonds is 4. The minimum absolute atomic E-state index is 0.183. The largest absolute Gasteiger partial charge is 0.386 e. The second-order valence-electron chi connectivity index (χ2n) is 6.18. The topological polar surface area (TPSA) is 123 Å². The van der Waals surface area contributed by atoms with Gasteiger partial charge in [0.2, 0.25) is 0 Å². The number of nitrogens with zero attached hydrogens (tertiary/aromatic N) is 5. The highest BCUT2D eigenvalue weighted by Gasteiger charge is 2.38. The fourth-order valence-electron chi connectivity index (χ4n) is 2.87. The maximum Gasteiger partial charge on any atom is 0.182 e. The molecule has 0 radical (unpaired) electrons. The molecule has 1 aliphatic heterocycles. The quantitative estimate of drug-likeness (QED) is 0.672. The molecule has 2 aromatic heterocycles. The Balaban J connectivity index is 1.70. The number of aromatic nitrogens is 4. The lowest BCUT2D eigenvalue weighted by Gasteiger charge is -2.39. The lowest BCUT2D eigenvalue weighted by atomic mass is 9.98. The first-order valence-electron chi connectivity index (χ1n) is 7.75. The summed E-state index contributed by atoms with van der Waals surface area (Å²) in [5.74, 6) is 0.420. The van der Waals surface area contributed by atoms with Gasteiger partial charge >= 0.3 is 0 Å². The summed E-state index contributed by atoms with van der Waals surface area (Å²) in [4.78, 5) is 6.09. The molecule has 0 aliphatic carbocycles. The summed E-state index contributed by atoms with van der Waals surface area (Å²) in [7, 11) is 3.73. The van der Waals surface area contributed by atoms with Crippen LogP contribution in [-0.2, 0) is 11.3 Å². The molecule has 2 aromatic rings. The summed E-state index contributed by atoms with van der Waals surface area (Å²) in [5.41, 5.74) is 6.94. The van der Waals surface area contributed by atoms with Gasteiger partial charge in [-0.2, -0.15) is 0 Å². The van der Waals surface area contributed by atoms with Crippen LogP contribution in [0.15, 0.2) is 24.4 Å². The molecular weight excluding hydrogens is 312 g/mol. The molecule has 3 rings (SSSR count). The average Bonchev–Trinajstić information content (AvgIpc) is 2.99. The molecule has 1 saturated heterocycles. The van der Waals surface area contributed by atoms with E-state index in [0.29, 0.717) is 30.2 Å². The molecule has 0 amide bonds. The molecule has 1 fully saturated rings. The standard InChI is InChI=1S/C15H22N6O3/c1-20(2)12-6-9(24-15(23)14(12)22)7-21-8-11(18-19-21)10-4-3-5-13(16)17-10/h3-5,8-9,12,14-15,22-23H,6-7H2,1-2H3,(H2,16,17)/t9-,12?,14?,15+/m0/s1. The van der Waals surface area contributed by atoms with E-state index < -0.39 is 12.4 Å². The van der Waals surface area contributed by atoms with Crippen molar-refractivity contribution >= 4 is 5.82 Å². The van der Waals surface area contributed by atoms with Crippen molar-refractivity contribution in [3.05, 3.63) is 24.4 Å². The van der Waals surface area contributed by atoms with Gasteiger partial charge in [0.25, 0.3) is 0 Å². The Morgan fingerprint density at radius 3 is 2.83 bits per heavy atom. The fourth-order valence-corrected chi connectivity index (χ4v) is 2.87. The summed E-state index contributed by atoms with van der Waals surface area (Å²) < 4.78 is 7.11. The zero-order chi connectivity index (χ0) is 17.3. The molecule has 1 aliphatic rings. The predicted octanol–water partition coefficient (Wildman–Crippen LogP) is -0.679. The van der Waals surface area contributed by atoms with E-state index in [0.717, 1.165) is 0 Å². The van der Waals surface area contributed by atoms with Gasteiger partial charge in [0.15, 0.2) is 6.29 Å². The van der Waals surface area contributed by atoms with E-state index in [1.807, 2.05) is 25.1 Å². The highest BCUT2D eigenvalue weighted by Crippen LogP contribution is 2.23. The molecule has 24 heavy (non-hydrogen) atoms. The van der Waals surface area contributed by atoms with Crippen molar-refractivity contribution in [3.8, 4) is 11.4 Å². The Morgan fingerprint density at radius 1 is 1.33 bits per heavy atom. The van der Waals surface area contributed by atoms with Gasteiger partial charge < -0.3 is 25.6 Å². The first kappa shape index (κ1) is 16.8. The van der Waals surface area contributed by atoms with Crippen LogP contribution in [0.3, 0.4) is 0 Å². The van der Waals surface area contributed by atoms with Crippen LogP contribution in [0.25, 0.3) is 11.4 Å². The van der Waals surface area contributed by atoms with Gasteiger partial charge in [0, 0.05) is 6.04 Å². The van der Waals surface area contributed by atoms with Crippen LogP contribution in [0.2, 0.25) is 0 Å². The normalized spacial score (nSPS) is 27.5. The number of ether oxygens (including phenoxy) is 1. The summed E-state index contributed by atoms with van der Waals surface area (Å²) in [6.45, 7) is 0.420. The van der Waals surface area contributed by atoms with E-state index in [-0.39, 0.29) is 12.1 Å². The Kier molecular flexibility index (Phi) is 4.76. The van der Waals surface area contributed by atoms with Crippen LogP contribution in [0.5, 0.6) is 0 Å². The van der Waals surface area contributed by atoms with E-state index in [9.17, 15) is 10.2 Å². The Labute approximate surface area is 139 Å². The fraction of sp³-hybridized carbons (Fsp3) is 0.533. The number of aliphatic hydroxyl groups excluding tert-OH is 2. The van der Waals surface area contributed by atoms with Crippen molar-refractivity contribution < 1.29 is 14.9 Å². The van der Waals surface area contributed by atoms with Crippen molar-refractivity contribution in [1.82, 2.24) is 24.9 Å². The number of likely N-dealkylation sites (N-methyl/N-ethyl adjacent to an activating group) is 1. The summed E-state index contributed by atoms with van der Waals surface area (Å²) in [6, 6.07) is 5.14. The van der Waals surface area contributed by atoms with E-state index in [2.05, 4.69) is 15.3 Å². The first-order chi connectivity index (χ1) is 11.4. The van der Waals surface area contributed by atoms with Crippen LogP contribution in [0, 0.1) is 0 Å². The van der Waals surface area contributed by atoms with E-state index in [1.165, 1.54) is 0 Å². The average molecular weight is 334 g/mol. The molecule has 0 spiro atoms. The van der Waals surface area contributed by atoms with Crippen LogP contribution < -0.4 is 5.73 Å². The van der Waals surface area contributed by atoms with Gasteiger partial charge in [-0.25, -0.2) is 9.67 Å². The highest BCUT2D eigenvalue weighted by molar-refractivity contribution is 5.54. The maximum absolute atomic E-state index is 10.00. The van der Waals surface area contributed by atoms with Gasteiger partial charge in [0.1, 0.15) is 17.6 Å². The summed E-state index contributed by atoms with van der Waals surface area (Å²) in [6.07, 6.45) is -0.0857. The lowest BCUT2D eigenvalue weighted by Crippen LogP contribution is -2.54. The SMILES string of the molecule is CN(C)C1C[C@@H](Cn2cc(-c3cccc(N)n3)nn2)O[C@@H](O)C1O. The molecule has 2 unspecified atom stereocenters. The third-order valence-electron chi connectivity index (χ3n) is 4.15. The van der Waals surface area contributed by atoms with Crippen molar-refractivity contribution in [2.24, 2.45) is 0 Å². The Hall–Kier alpha value is -2.07. The molecule has 0 aromatic carbocycles. The van der Waals surface area contributed by atoms with Crippen LogP contribution in [0.1, 0.15) is 6.42 Å². The number of aliphatic hydroxyl groups is 2. The molecule has 9 heteroatoms. The molecule has 4 N–H and O–H groups in total. The predicted molar refractivity (Wildman–Crippen MR) is 86.6 cm³/mol. The number of hydrogen-bond acceptors (Lipinski definition) is 8. The number of hydrogen-bond donors (Lipinski definition) is 3. The third-order valence-corrected chi connectivity index (χ3v) is 4.15. The zero-order valence-corrected chi connectivity index (χ0v) is 13.6. The molecule has 9 nitrogen and oxygen atoms in total. The smallest absolute Gasteiger partial charge is 0.182 e. The van der Waals surface area contributed by atoms with Crippen molar-refractivity contribution in [2.75, 3.05) is 19.8 Å². The second kappa shape index (κ2) is 6.81. The first-order valence-corrected chi connectivity index (χ1v) is 7.75. The second-order valence-corrected chi connectivity index (χ2v) is 6.18. The van der Waals surface area contributed by atoms with E-state index in [1.54, 1.807) is 23.0 Å². The monoisotopic (exact) mass is 334 g/mol. The third kappa shape index (κ3) is 3.54. The minimum atomic E-state index is -1.21. The maximum atomic E-state index is 10.00. The minimum Gasteiger partial charge on any atom is -0.386 e. The van der Waals surface area contributed by atoms with Crippen molar-refractivity contribution in [2.45, 2.75) is 37.5 Å². The van der Waals surface area contributed by atoms with Gasteiger partial charge in [-0.05, 0) is 32.6 Å². The van der Waals surface area contributed by atoms with Crippen molar-refractivity contribution in [3.63, 3.8) is 0 Å². The van der Waals surface area contributed by atoms with Gasteiger partial charge in [-0.15, -0.1) is 5.10 Å². The van der Waals surface area contributed by atoms with Crippen molar-refractivity contribution in [1.29, 1.82) is 0 Å². The van der Waals surface area contributed by atoms with Gasteiger partial charge in [-0.3, -0.25) is 0 Å². The molecule has 0 saturated carbocycles. The number of pyridine rings is 1. The summed E-state index contributed by atoms with van der Waals surface area (Å²) >= 11 is 0. The lowest BCUT2D eigenvalue weighted by molar-refractivity contribution is -0.236. The molecule has 0 bridgehead atoms. The van der Waals surface area contributed by atoms with Gasteiger partial charge in [-0.1, -0.05) is 11.3 Å². The molecule has 3 heterocycles. The van der Waals surface area contributed by atoms with Crippen LogP contribution >= 0.6 is 0 Å². The molecule has 4 atom stereocenters. The number of nitrogens with two attached hydrogens (primary N) is 1. The highest BCUT2D eigenvalue weighted by atomic mass is 16.6. The van der Waals surface area contributed by atoms with Crippen LogP contribution in [0.4, 0.5) is 5.82 Å². The number of anilines is 1. The van der Waals surface area contributed by atoms with Crippen LogP contribution in [-0.4, -0.2) is 73.7 Å². The number of nitrogen functional groups attached to an aromatic ring is 1. The Bertz CT molecular complexity index is 691. The zero-order valence-electron chi connectivity index (χ0n) is 13.6. The molecule has 130 valence electrons. The van der Waals surface area contributed by atoms with Gasteiger partial charge in [0.05, 0.1) is 24.5 Å². The van der Waals surface area contributed by atoms with E-state index in [4.69, 9.17) is 10.5 Å². The summed E-state index contributed by atoms with van der Waals surface area (Å²) in [5, 5.41) is 28.1. The van der Waals surface area contributed by atoms with E-state index >= 15 is 0 Å². The molecular formula is C15H22N6O3.